The minimum Gasteiger partial charge on any atom is -0.355 e. The molecule has 2 rings (SSSR count). The van der Waals surface area contributed by atoms with Crippen molar-refractivity contribution in [2.75, 3.05) is 23.7 Å². The van der Waals surface area contributed by atoms with Crippen LogP contribution in [0, 0.1) is 13.8 Å². The molecule has 0 aliphatic heterocycles. The highest BCUT2D eigenvalue weighted by Gasteiger charge is 2.31. The first-order chi connectivity index (χ1) is 15.5. The van der Waals surface area contributed by atoms with Crippen molar-refractivity contribution >= 4 is 39.1 Å². The number of amides is 2. The first-order valence-corrected chi connectivity index (χ1v) is 13.1. The van der Waals surface area contributed by atoms with Crippen LogP contribution in [0.25, 0.3) is 0 Å². The fourth-order valence-corrected chi connectivity index (χ4v) is 4.73. The Hall–Kier alpha value is -2.58. The van der Waals surface area contributed by atoms with Crippen molar-refractivity contribution in [3.8, 4) is 0 Å². The van der Waals surface area contributed by atoms with Gasteiger partial charge in [-0.15, -0.1) is 0 Å². The molecule has 0 spiro atoms. The third-order valence-corrected chi connectivity index (χ3v) is 6.68. The van der Waals surface area contributed by atoms with E-state index in [2.05, 4.69) is 5.32 Å². The predicted molar refractivity (Wildman–Crippen MR) is 133 cm³/mol. The van der Waals surface area contributed by atoms with Crippen LogP contribution in [0.2, 0.25) is 5.02 Å². The van der Waals surface area contributed by atoms with Crippen LogP contribution in [0.5, 0.6) is 0 Å². The van der Waals surface area contributed by atoms with Gasteiger partial charge in [-0.3, -0.25) is 13.9 Å². The number of nitrogens with zero attached hydrogens (tertiary/aromatic N) is 2. The molecule has 0 aromatic heterocycles. The lowest BCUT2D eigenvalue weighted by molar-refractivity contribution is -0.140. The molecule has 180 valence electrons. The van der Waals surface area contributed by atoms with Crippen molar-refractivity contribution in [1.29, 1.82) is 0 Å². The standard InChI is InChI=1S/C24H32ClN3O4S/c1-6-21(24(30)26-7-2)27(15-19-10-8-17(3)9-11-19)23(29)16-28(33(5,31)32)22-13-12-20(25)14-18(22)4/h8-14,21H,6-7,15-16H2,1-5H3,(H,26,30). The monoisotopic (exact) mass is 493 g/mol. The van der Waals surface area contributed by atoms with Gasteiger partial charge in [0.1, 0.15) is 12.6 Å². The molecule has 33 heavy (non-hydrogen) atoms. The van der Waals surface area contributed by atoms with E-state index in [0.717, 1.165) is 21.7 Å². The van der Waals surface area contributed by atoms with E-state index in [0.29, 0.717) is 29.2 Å². The van der Waals surface area contributed by atoms with E-state index in [-0.39, 0.29) is 12.5 Å². The summed E-state index contributed by atoms with van der Waals surface area (Å²) in [7, 11) is -3.78. The SMILES string of the molecule is CCNC(=O)C(CC)N(Cc1ccc(C)cc1)C(=O)CN(c1ccc(Cl)cc1C)S(C)(=O)=O. The minimum absolute atomic E-state index is 0.186. The number of likely N-dealkylation sites (N-methyl/N-ethyl adjacent to an activating group) is 1. The van der Waals surface area contributed by atoms with E-state index in [1.807, 2.05) is 45.0 Å². The molecule has 0 bridgehead atoms. The molecular formula is C24H32ClN3O4S. The summed E-state index contributed by atoms with van der Waals surface area (Å²) < 4.78 is 26.3. The summed E-state index contributed by atoms with van der Waals surface area (Å²) in [5, 5.41) is 3.25. The third kappa shape index (κ3) is 7.20. The number of nitrogens with one attached hydrogen (secondary N) is 1. The number of benzene rings is 2. The lowest BCUT2D eigenvalue weighted by Crippen LogP contribution is -2.52. The molecule has 0 fully saturated rings. The van der Waals surface area contributed by atoms with Gasteiger partial charge in [-0.2, -0.15) is 0 Å². The van der Waals surface area contributed by atoms with Gasteiger partial charge < -0.3 is 10.2 Å². The van der Waals surface area contributed by atoms with Crippen molar-refractivity contribution in [3.05, 3.63) is 64.2 Å². The van der Waals surface area contributed by atoms with Gasteiger partial charge in [0.05, 0.1) is 11.9 Å². The Morgan fingerprint density at radius 3 is 2.21 bits per heavy atom. The molecule has 7 nitrogen and oxygen atoms in total. The van der Waals surface area contributed by atoms with Gasteiger partial charge in [0, 0.05) is 18.1 Å². The summed E-state index contributed by atoms with van der Waals surface area (Å²) in [5.41, 5.74) is 2.93. The third-order valence-electron chi connectivity index (χ3n) is 5.32. The molecule has 2 amide bonds. The van der Waals surface area contributed by atoms with Gasteiger partial charge in [-0.05, 0) is 56.5 Å². The lowest BCUT2D eigenvalue weighted by atomic mass is 10.1. The molecule has 0 aliphatic carbocycles. The maximum Gasteiger partial charge on any atom is 0.244 e. The van der Waals surface area contributed by atoms with E-state index in [9.17, 15) is 18.0 Å². The summed E-state index contributed by atoms with van der Waals surface area (Å²) in [6.45, 7) is 7.53. The lowest BCUT2D eigenvalue weighted by Gasteiger charge is -2.33. The van der Waals surface area contributed by atoms with Crippen LogP contribution in [-0.2, 0) is 26.2 Å². The number of rotatable bonds is 10. The van der Waals surface area contributed by atoms with Gasteiger partial charge in [-0.25, -0.2) is 8.42 Å². The van der Waals surface area contributed by atoms with Crippen LogP contribution in [0.4, 0.5) is 5.69 Å². The number of sulfonamides is 1. The second-order valence-electron chi connectivity index (χ2n) is 8.03. The van der Waals surface area contributed by atoms with Crippen LogP contribution in [0.3, 0.4) is 0 Å². The summed E-state index contributed by atoms with van der Waals surface area (Å²) >= 11 is 6.03. The van der Waals surface area contributed by atoms with Crippen molar-refractivity contribution in [3.63, 3.8) is 0 Å². The molecule has 9 heteroatoms. The maximum absolute atomic E-state index is 13.5. The Kier molecular flexibility index (Phi) is 9.31. The molecule has 0 saturated carbocycles. The molecule has 0 aliphatic rings. The molecule has 0 saturated heterocycles. The number of carbonyl (C=O) groups is 2. The number of hydrogen-bond acceptors (Lipinski definition) is 4. The van der Waals surface area contributed by atoms with Gasteiger partial charge in [0.15, 0.2) is 0 Å². The molecule has 1 unspecified atom stereocenters. The molecular weight excluding hydrogens is 462 g/mol. The van der Waals surface area contributed by atoms with Gasteiger partial charge in [0.25, 0.3) is 0 Å². The maximum atomic E-state index is 13.5. The first kappa shape index (κ1) is 26.7. The second-order valence-corrected chi connectivity index (χ2v) is 10.4. The van der Waals surface area contributed by atoms with Gasteiger partial charge in [0.2, 0.25) is 21.8 Å². The quantitative estimate of drug-likeness (QED) is 0.547. The zero-order chi connectivity index (χ0) is 24.8. The van der Waals surface area contributed by atoms with Crippen molar-refractivity contribution in [2.45, 2.75) is 46.7 Å². The summed E-state index contributed by atoms with van der Waals surface area (Å²) in [4.78, 5) is 27.8. The van der Waals surface area contributed by atoms with Crippen LogP contribution >= 0.6 is 11.6 Å². The molecule has 2 aromatic rings. The van der Waals surface area contributed by atoms with E-state index < -0.39 is 28.5 Å². The van der Waals surface area contributed by atoms with Crippen LogP contribution < -0.4 is 9.62 Å². The number of aryl methyl sites for hydroxylation is 2. The van der Waals surface area contributed by atoms with E-state index >= 15 is 0 Å². The van der Waals surface area contributed by atoms with Crippen LogP contribution in [0.1, 0.15) is 37.0 Å². The second kappa shape index (κ2) is 11.5. The molecule has 1 atom stereocenters. The van der Waals surface area contributed by atoms with Gasteiger partial charge >= 0.3 is 0 Å². The largest absolute Gasteiger partial charge is 0.355 e. The molecule has 0 heterocycles. The van der Waals surface area contributed by atoms with Crippen molar-refractivity contribution in [2.24, 2.45) is 0 Å². The Balaban J connectivity index is 2.45. The zero-order valence-electron chi connectivity index (χ0n) is 19.8. The first-order valence-electron chi connectivity index (χ1n) is 10.8. The van der Waals surface area contributed by atoms with Crippen molar-refractivity contribution in [1.82, 2.24) is 10.2 Å². The minimum atomic E-state index is -3.78. The highest BCUT2D eigenvalue weighted by molar-refractivity contribution is 7.92. The number of hydrogen-bond donors (Lipinski definition) is 1. The number of anilines is 1. The number of carbonyl (C=O) groups excluding carboxylic acids is 2. The van der Waals surface area contributed by atoms with E-state index in [1.54, 1.807) is 25.1 Å². The highest BCUT2D eigenvalue weighted by Crippen LogP contribution is 2.26. The fourth-order valence-electron chi connectivity index (χ4n) is 3.60. The summed E-state index contributed by atoms with van der Waals surface area (Å²) in [5.74, 6) is -0.734. The Labute approximate surface area is 201 Å². The highest BCUT2D eigenvalue weighted by atomic mass is 35.5. The average Bonchev–Trinajstić information content (AvgIpc) is 2.73. The van der Waals surface area contributed by atoms with Crippen molar-refractivity contribution < 1.29 is 18.0 Å². The molecule has 0 radical (unpaired) electrons. The van der Waals surface area contributed by atoms with E-state index in [4.69, 9.17) is 11.6 Å². The Morgan fingerprint density at radius 1 is 1.06 bits per heavy atom. The van der Waals surface area contributed by atoms with Crippen LogP contribution in [0.15, 0.2) is 42.5 Å². The topological polar surface area (TPSA) is 86.8 Å². The Bertz CT molecular complexity index is 1090. The summed E-state index contributed by atoms with van der Waals surface area (Å²) in [6, 6.07) is 11.8. The Morgan fingerprint density at radius 2 is 1.70 bits per heavy atom. The predicted octanol–water partition coefficient (Wildman–Crippen LogP) is 3.67. The fraction of sp³-hybridized carbons (Fsp3) is 0.417. The zero-order valence-corrected chi connectivity index (χ0v) is 21.3. The van der Waals surface area contributed by atoms with E-state index in [1.165, 1.54) is 4.90 Å². The summed E-state index contributed by atoms with van der Waals surface area (Å²) in [6.07, 6.45) is 1.45. The van der Waals surface area contributed by atoms with Crippen LogP contribution in [-0.4, -0.2) is 50.5 Å². The molecule has 2 aromatic carbocycles. The number of halogens is 1. The molecule has 1 N–H and O–H groups in total. The smallest absolute Gasteiger partial charge is 0.244 e. The normalized spacial score (nSPS) is 12.2. The van der Waals surface area contributed by atoms with Gasteiger partial charge in [-0.1, -0.05) is 48.4 Å². The average molecular weight is 494 g/mol.